The van der Waals surface area contributed by atoms with Gasteiger partial charge in [0.1, 0.15) is 5.75 Å². The maximum Gasteiger partial charge on any atom is 0.161 e. The van der Waals surface area contributed by atoms with Crippen molar-refractivity contribution in [2.45, 2.75) is 19.0 Å². The van der Waals surface area contributed by atoms with Crippen molar-refractivity contribution in [1.82, 2.24) is 14.9 Å². The molecule has 1 aliphatic rings. The van der Waals surface area contributed by atoms with Gasteiger partial charge in [0.05, 0.1) is 27.4 Å². The molecule has 0 fully saturated rings. The molecule has 0 unspecified atom stereocenters. The maximum atomic E-state index is 5.52. The number of hydrogen-bond acceptors (Lipinski definition) is 5. The molecular weight excluding hydrogens is 402 g/mol. The molecule has 2 aromatic heterocycles. The van der Waals surface area contributed by atoms with E-state index in [-0.39, 0.29) is 6.04 Å². The average Bonchev–Trinajstić information content (AvgIpc) is 3.22. The number of hydrogen-bond donors (Lipinski definition) is 1. The van der Waals surface area contributed by atoms with Gasteiger partial charge in [-0.3, -0.25) is 9.88 Å². The second-order valence-corrected chi connectivity index (χ2v) is 8.03. The zero-order valence-electron chi connectivity index (χ0n) is 18.6. The fourth-order valence-electron chi connectivity index (χ4n) is 4.74. The number of nitrogens with zero attached hydrogens (tertiary/aromatic N) is 2. The molecule has 3 heterocycles. The number of nitrogens with one attached hydrogen (secondary N) is 1. The second-order valence-electron chi connectivity index (χ2n) is 8.03. The molecule has 32 heavy (non-hydrogen) atoms. The van der Waals surface area contributed by atoms with E-state index in [0.717, 1.165) is 42.3 Å². The molecule has 4 aromatic rings. The Bertz CT molecular complexity index is 1240. The first-order valence-corrected chi connectivity index (χ1v) is 10.7. The molecule has 6 heteroatoms. The quantitative estimate of drug-likeness (QED) is 0.480. The lowest BCUT2D eigenvalue weighted by Gasteiger charge is -2.36. The van der Waals surface area contributed by atoms with Gasteiger partial charge in [-0.05, 0) is 59.5 Å². The van der Waals surface area contributed by atoms with Crippen molar-refractivity contribution in [3.8, 4) is 17.2 Å². The van der Waals surface area contributed by atoms with Crippen LogP contribution >= 0.6 is 0 Å². The van der Waals surface area contributed by atoms with Crippen molar-refractivity contribution < 1.29 is 14.2 Å². The van der Waals surface area contributed by atoms with Crippen molar-refractivity contribution >= 4 is 10.9 Å². The van der Waals surface area contributed by atoms with Crippen LogP contribution in [0, 0.1) is 0 Å². The molecule has 0 saturated carbocycles. The number of benzene rings is 2. The lowest BCUT2D eigenvalue weighted by atomic mass is 9.92. The Balaban J connectivity index is 1.57. The molecular formula is C26H27N3O3. The summed E-state index contributed by atoms with van der Waals surface area (Å²) < 4.78 is 16.4. The van der Waals surface area contributed by atoms with E-state index in [1.54, 1.807) is 21.3 Å². The Hall–Kier alpha value is -3.51. The van der Waals surface area contributed by atoms with Crippen molar-refractivity contribution in [3.05, 3.63) is 83.3 Å². The first-order chi connectivity index (χ1) is 15.7. The van der Waals surface area contributed by atoms with Gasteiger partial charge in [0.25, 0.3) is 0 Å². The molecule has 0 saturated heterocycles. The molecule has 164 valence electrons. The normalized spacial score (nSPS) is 16.0. The molecule has 2 aromatic carbocycles. The monoisotopic (exact) mass is 429 g/mol. The van der Waals surface area contributed by atoms with E-state index in [4.69, 9.17) is 14.2 Å². The molecule has 0 spiro atoms. The molecule has 0 aliphatic carbocycles. The summed E-state index contributed by atoms with van der Waals surface area (Å²) in [5, 5.41) is 1.24. The predicted molar refractivity (Wildman–Crippen MR) is 125 cm³/mol. The van der Waals surface area contributed by atoms with Crippen molar-refractivity contribution in [2.24, 2.45) is 0 Å². The molecule has 1 N–H and O–H groups in total. The van der Waals surface area contributed by atoms with Gasteiger partial charge < -0.3 is 19.2 Å². The van der Waals surface area contributed by atoms with E-state index in [2.05, 4.69) is 45.2 Å². The molecule has 0 bridgehead atoms. The average molecular weight is 430 g/mol. The third-order valence-electron chi connectivity index (χ3n) is 6.27. The van der Waals surface area contributed by atoms with E-state index in [9.17, 15) is 0 Å². The lowest BCUT2D eigenvalue weighted by molar-refractivity contribution is 0.201. The zero-order chi connectivity index (χ0) is 22.1. The second kappa shape index (κ2) is 8.55. The highest BCUT2D eigenvalue weighted by atomic mass is 16.5. The zero-order valence-corrected chi connectivity index (χ0v) is 18.6. The van der Waals surface area contributed by atoms with Gasteiger partial charge in [0, 0.05) is 42.1 Å². The molecule has 5 rings (SSSR count). The first kappa shape index (κ1) is 20.4. The summed E-state index contributed by atoms with van der Waals surface area (Å²) in [5.74, 6) is 2.37. The van der Waals surface area contributed by atoms with E-state index >= 15 is 0 Å². The highest BCUT2D eigenvalue weighted by molar-refractivity contribution is 5.86. The Morgan fingerprint density at radius 1 is 1.00 bits per heavy atom. The van der Waals surface area contributed by atoms with Gasteiger partial charge in [-0.2, -0.15) is 0 Å². The number of aromatic amines is 1. The van der Waals surface area contributed by atoms with Crippen molar-refractivity contribution in [2.75, 3.05) is 27.9 Å². The smallest absolute Gasteiger partial charge is 0.161 e. The Morgan fingerprint density at radius 3 is 2.62 bits per heavy atom. The van der Waals surface area contributed by atoms with Crippen LogP contribution in [0.4, 0.5) is 0 Å². The summed E-state index contributed by atoms with van der Waals surface area (Å²) in [4.78, 5) is 10.6. The van der Waals surface area contributed by atoms with Gasteiger partial charge in [-0.25, -0.2) is 0 Å². The minimum Gasteiger partial charge on any atom is -0.497 e. The Morgan fingerprint density at radius 2 is 1.88 bits per heavy atom. The standard InChI is InChI=1S/C26H27N3O3/c1-30-19-7-8-22-21(14-19)20-10-12-29(16-17-6-9-23(31-2)24(13-17)32-3)26(25(20)28-22)18-5-4-11-27-15-18/h4-9,11,13-15,26,28H,10,12,16H2,1-3H3/t26-/m1/s1. The van der Waals surface area contributed by atoms with E-state index < -0.39 is 0 Å². The first-order valence-electron chi connectivity index (χ1n) is 10.7. The highest BCUT2D eigenvalue weighted by Crippen LogP contribution is 2.40. The minimum atomic E-state index is 0.0824. The highest BCUT2D eigenvalue weighted by Gasteiger charge is 2.32. The summed E-state index contributed by atoms with van der Waals surface area (Å²) in [6, 6.07) is 16.6. The fraction of sp³-hybridized carbons (Fsp3) is 0.269. The Labute approximate surface area is 187 Å². The molecule has 0 amide bonds. The van der Waals surface area contributed by atoms with Gasteiger partial charge in [0.15, 0.2) is 11.5 Å². The molecule has 1 aliphatic heterocycles. The van der Waals surface area contributed by atoms with Gasteiger partial charge in [-0.1, -0.05) is 12.1 Å². The van der Waals surface area contributed by atoms with E-state index in [1.165, 1.54) is 27.8 Å². The number of rotatable bonds is 6. The summed E-state index contributed by atoms with van der Waals surface area (Å²) >= 11 is 0. The lowest BCUT2D eigenvalue weighted by Crippen LogP contribution is -2.35. The number of fused-ring (bicyclic) bond motifs is 3. The number of pyridine rings is 1. The van der Waals surface area contributed by atoms with Crippen molar-refractivity contribution in [3.63, 3.8) is 0 Å². The summed E-state index contributed by atoms with van der Waals surface area (Å²) in [7, 11) is 5.04. The van der Waals surface area contributed by atoms with Crippen LogP contribution in [0.1, 0.15) is 28.4 Å². The van der Waals surface area contributed by atoms with Crippen LogP contribution in [0.5, 0.6) is 17.2 Å². The molecule has 6 nitrogen and oxygen atoms in total. The largest absolute Gasteiger partial charge is 0.497 e. The Kier molecular flexibility index (Phi) is 5.45. The summed E-state index contributed by atoms with van der Waals surface area (Å²) in [5.41, 5.74) is 6.08. The van der Waals surface area contributed by atoms with Crippen LogP contribution in [-0.2, 0) is 13.0 Å². The predicted octanol–water partition coefficient (Wildman–Crippen LogP) is 4.74. The van der Waals surface area contributed by atoms with Crippen LogP contribution in [0.2, 0.25) is 0 Å². The van der Waals surface area contributed by atoms with Gasteiger partial charge in [0.2, 0.25) is 0 Å². The molecule has 1 atom stereocenters. The van der Waals surface area contributed by atoms with Crippen molar-refractivity contribution in [1.29, 1.82) is 0 Å². The number of H-pyrrole nitrogens is 1. The molecule has 0 radical (unpaired) electrons. The third-order valence-corrected chi connectivity index (χ3v) is 6.27. The van der Waals surface area contributed by atoms with Gasteiger partial charge in [-0.15, -0.1) is 0 Å². The number of aromatic nitrogens is 2. The third kappa shape index (κ3) is 3.56. The van der Waals surface area contributed by atoms with E-state index in [1.807, 2.05) is 30.6 Å². The van der Waals surface area contributed by atoms with Crippen LogP contribution < -0.4 is 14.2 Å². The topological polar surface area (TPSA) is 59.6 Å². The van der Waals surface area contributed by atoms with Crippen LogP contribution in [0.3, 0.4) is 0 Å². The summed E-state index contributed by atoms with van der Waals surface area (Å²) in [6.45, 7) is 1.73. The van der Waals surface area contributed by atoms with Crippen LogP contribution in [0.15, 0.2) is 60.9 Å². The SMILES string of the molecule is COc1ccc2[nH]c3c(c2c1)CCN(Cc1ccc(OC)c(OC)c1)[C@@H]3c1cccnc1. The minimum absolute atomic E-state index is 0.0824. The van der Waals surface area contributed by atoms with Gasteiger partial charge >= 0.3 is 0 Å². The van der Waals surface area contributed by atoms with E-state index in [0.29, 0.717) is 0 Å². The number of ether oxygens (including phenoxy) is 3. The van der Waals surface area contributed by atoms with Crippen LogP contribution in [-0.4, -0.2) is 42.7 Å². The summed E-state index contributed by atoms with van der Waals surface area (Å²) in [6.07, 6.45) is 4.75. The number of methoxy groups -OCH3 is 3. The fourth-order valence-corrected chi connectivity index (χ4v) is 4.74. The van der Waals surface area contributed by atoms with Crippen LogP contribution in [0.25, 0.3) is 10.9 Å². The maximum absolute atomic E-state index is 5.52.